The number of benzene rings is 1. The molecule has 0 spiro atoms. The maximum absolute atomic E-state index is 9.12. The third-order valence-electron chi connectivity index (χ3n) is 2.93. The molecule has 0 aliphatic heterocycles. The predicted octanol–water partition coefficient (Wildman–Crippen LogP) is 2.65. The summed E-state index contributed by atoms with van der Waals surface area (Å²) in [4.78, 5) is 4.46. The van der Waals surface area contributed by atoms with Crippen LogP contribution < -0.4 is 0 Å². The quantitative estimate of drug-likeness (QED) is 0.769. The van der Waals surface area contributed by atoms with Gasteiger partial charge in [-0.2, -0.15) is 0 Å². The van der Waals surface area contributed by atoms with Gasteiger partial charge >= 0.3 is 0 Å². The van der Waals surface area contributed by atoms with Crippen molar-refractivity contribution in [1.82, 2.24) is 4.98 Å². The highest BCUT2D eigenvalue weighted by Gasteiger charge is 2.06. The Bertz CT molecular complexity index is 517. The van der Waals surface area contributed by atoms with Crippen LogP contribution in [0.15, 0.2) is 18.2 Å². The molecule has 0 aliphatic rings. The SMILES string of the molecule is Cc1ccc2c(C)cc(CO)nc2c1C. The van der Waals surface area contributed by atoms with Gasteiger partial charge in [0.15, 0.2) is 0 Å². The third kappa shape index (κ3) is 1.61. The van der Waals surface area contributed by atoms with Crippen LogP contribution in [0.1, 0.15) is 22.4 Å². The summed E-state index contributed by atoms with van der Waals surface area (Å²) in [5, 5.41) is 10.3. The van der Waals surface area contributed by atoms with Gasteiger partial charge in [-0.1, -0.05) is 12.1 Å². The van der Waals surface area contributed by atoms with E-state index in [-0.39, 0.29) is 6.61 Å². The molecule has 1 aromatic carbocycles. The molecule has 1 N–H and O–H groups in total. The Hall–Kier alpha value is -1.41. The first-order chi connectivity index (χ1) is 7.13. The van der Waals surface area contributed by atoms with E-state index in [2.05, 4.69) is 37.9 Å². The zero-order chi connectivity index (χ0) is 11.0. The second kappa shape index (κ2) is 3.63. The van der Waals surface area contributed by atoms with E-state index < -0.39 is 0 Å². The molecule has 0 atom stereocenters. The average Bonchev–Trinajstić information content (AvgIpc) is 2.23. The first-order valence-corrected chi connectivity index (χ1v) is 5.11. The normalized spacial score (nSPS) is 10.9. The largest absolute Gasteiger partial charge is 0.390 e. The Kier molecular flexibility index (Phi) is 2.45. The van der Waals surface area contributed by atoms with E-state index in [0.29, 0.717) is 0 Å². The number of aromatic nitrogens is 1. The highest BCUT2D eigenvalue weighted by atomic mass is 16.3. The van der Waals surface area contributed by atoms with Crippen LogP contribution >= 0.6 is 0 Å². The highest BCUT2D eigenvalue weighted by Crippen LogP contribution is 2.23. The summed E-state index contributed by atoms with van der Waals surface area (Å²) < 4.78 is 0. The standard InChI is InChI=1S/C13H15NO/c1-8-4-5-12-9(2)6-11(7-15)14-13(12)10(8)3/h4-6,15H,7H2,1-3H3. The summed E-state index contributed by atoms with van der Waals surface area (Å²) in [7, 11) is 0. The zero-order valence-corrected chi connectivity index (χ0v) is 9.33. The predicted molar refractivity (Wildman–Crippen MR) is 61.9 cm³/mol. The van der Waals surface area contributed by atoms with Crippen molar-refractivity contribution in [3.05, 3.63) is 40.6 Å². The van der Waals surface area contributed by atoms with E-state index in [1.165, 1.54) is 22.1 Å². The van der Waals surface area contributed by atoms with Crippen LogP contribution in [0.3, 0.4) is 0 Å². The van der Waals surface area contributed by atoms with Crippen molar-refractivity contribution in [3.63, 3.8) is 0 Å². The number of aliphatic hydroxyl groups excluding tert-OH is 1. The van der Waals surface area contributed by atoms with Crippen LogP contribution in [0.5, 0.6) is 0 Å². The van der Waals surface area contributed by atoms with Gasteiger partial charge in [0, 0.05) is 5.39 Å². The van der Waals surface area contributed by atoms with Crippen molar-refractivity contribution in [2.75, 3.05) is 0 Å². The number of fused-ring (bicyclic) bond motifs is 1. The van der Waals surface area contributed by atoms with E-state index in [0.717, 1.165) is 11.2 Å². The number of nitrogens with zero attached hydrogens (tertiary/aromatic N) is 1. The Balaban J connectivity index is 2.86. The second-order valence-electron chi connectivity index (χ2n) is 3.99. The van der Waals surface area contributed by atoms with Crippen LogP contribution in [0.4, 0.5) is 0 Å². The maximum Gasteiger partial charge on any atom is 0.0853 e. The average molecular weight is 201 g/mol. The van der Waals surface area contributed by atoms with Gasteiger partial charge in [-0.25, -0.2) is 0 Å². The Morgan fingerprint density at radius 1 is 1.13 bits per heavy atom. The smallest absolute Gasteiger partial charge is 0.0853 e. The van der Waals surface area contributed by atoms with Crippen LogP contribution in [0, 0.1) is 20.8 Å². The van der Waals surface area contributed by atoms with Crippen molar-refractivity contribution in [2.24, 2.45) is 0 Å². The molecular formula is C13H15NO. The summed E-state index contributed by atoms with van der Waals surface area (Å²) in [6, 6.07) is 6.16. The van der Waals surface area contributed by atoms with Gasteiger partial charge in [-0.15, -0.1) is 0 Å². The number of hydrogen-bond acceptors (Lipinski definition) is 2. The summed E-state index contributed by atoms with van der Waals surface area (Å²) in [6.45, 7) is 6.21. The van der Waals surface area contributed by atoms with Crippen LogP contribution in [0.25, 0.3) is 10.9 Å². The molecule has 2 aromatic rings. The molecule has 0 saturated heterocycles. The van der Waals surface area contributed by atoms with Crippen molar-refractivity contribution >= 4 is 10.9 Å². The molecule has 15 heavy (non-hydrogen) atoms. The number of pyridine rings is 1. The maximum atomic E-state index is 9.12. The highest BCUT2D eigenvalue weighted by molar-refractivity contribution is 5.85. The molecule has 0 aliphatic carbocycles. The molecule has 0 fully saturated rings. The molecule has 2 rings (SSSR count). The van der Waals surface area contributed by atoms with Gasteiger partial charge in [0.1, 0.15) is 0 Å². The van der Waals surface area contributed by atoms with Crippen molar-refractivity contribution in [1.29, 1.82) is 0 Å². The molecule has 0 amide bonds. The summed E-state index contributed by atoms with van der Waals surface area (Å²) in [5.41, 5.74) is 5.37. The fraction of sp³-hybridized carbons (Fsp3) is 0.308. The lowest BCUT2D eigenvalue weighted by Gasteiger charge is -2.09. The molecule has 1 heterocycles. The number of hydrogen-bond donors (Lipinski definition) is 1. The minimum Gasteiger partial charge on any atom is -0.390 e. The lowest BCUT2D eigenvalue weighted by Crippen LogP contribution is -1.95. The lowest BCUT2D eigenvalue weighted by molar-refractivity contribution is 0.277. The zero-order valence-electron chi connectivity index (χ0n) is 9.33. The van der Waals surface area contributed by atoms with Gasteiger partial charge in [0.2, 0.25) is 0 Å². The molecule has 1 aromatic heterocycles. The van der Waals surface area contributed by atoms with E-state index in [4.69, 9.17) is 5.11 Å². The van der Waals surface area contributed by atoms with E-state index in [9.17, 15) is 0 Å². The Labute approximate surface area is 89.6 Å². The Morgan fingerprint density at radius 2 is 1.87 bits per heavy atom. The molecule has 0 radical (unpaired) electrons. The lowest BCUT2D eigenvalue weighted by atomic mass is 10.0. The summed E-state index contributed by atoms with van der Waals surface area (Å²) >= 11 is 0. The Morgan fingerprint density at radius 3 is 2.53 bits per heavy atom. The topological polar surface area (TPSA) is 33.1 Å². The molecular weight excluding hydrogens is 186 g/mol. The fourth-order valence-electron chi connectivity index (χ4n) is 1.85. The van der Waals surface area contributed by atoms with Crippen molar-refractivity contribution in [3.8, 4) is 0 Å². The third-order valence-corrected chi connectivity index (χ3v) is 2.93. The van der Waals surface area contributed by atoms with Gasteiger partial charge in [-0.3, -0.25) is 4.98 Å². The van der Waals surface area contributed by atoms with Gasteiger partial charge in [-0.05, 0) is 43.5 Å². The van der Waals surface area contributed by atoms with Crippen molar-refractivity contribution in [2.45, 2.75) is 27.4 Å². The molecule has 0 saturated carbocycles. The van der Waals surface area contributed by atoms with Crippen LogP contribution in [-0.2, 0) is 6.61 Å². The van der Waals surface area contributed by atoms with E-state index >= 15 is 0 Å². The number of aliphatic hydroxyl groups is 1. The minimum absolute atomic E-state index is 0.00413. The van der Waals surface area contributed by atoms with Crippen LogP contribution in [0.2, 0.25) is 0 Å². The van der Waals surface area contributed by atoms with Gasteiger partial charge in [0.25, 0.3) is 0 Å². The molecule has 0 unspecified atom stereocenters. The fourth-order valence-corrected chi connectivity index (χ4v) is 1.85. The van der Waals surface area contributed by atoms with Crippen LogP contribution in [-0.4, -0.2) is 10.1 Å². The van der Waals surface area contributed by atoms with E-state index in [1.807, 2.05) is 6.07 Å². The first-order valence-electron chi connectivity index (χ1n) is 5.11. The number of aryl methyl sites for hydroxylation is 3. The first kappa shape index (κ1) is 10.1. The second-order valence-corrected chi connectivity index (χ2v) is 3.99. The monoisotopic (exact) mass is 201 g/mol. The van der Waals surface area contributed by atoms with Gasteiger partial charge in [0.05, 0.1) is 17.8 Å². The molecule has 0 bridgehead atoms. The summed E-state index contributed by atoms with van der Waals surface area (Å²) in [5.74, 6) is 0. The minimum atomic E-state index is 0.00413. The summed E-state index contributed by atoms with van der Waals surface area (Å²) in [6.07, 6.45) is 0. The number of rotatable bonds is 1. The van der Waals surface area contributed by atoms with Gasteiger partial charge < -0.3 is 5.11 Å². The van der Waals surface area contributed by atoms with E-state index in [1.54, 1.807) is 0 Å². The van der Waals surface area contributed by atoms with Crippen molar-refractivity contribution < 1.29 is 5.11 Å². The molecule has 2 heteroatoms. The molecule has 78 valence electrons. The molecule has 2 nitrogen and oxygen atoms in total.